The van der Waals surface area contributed by atoms with E-state index < -0.39 is 28.5 Å². The van der Waals surface area contributed by atoms with Crippen LogP contribution in [0.2, 0.25) is 0 Å². The lowest BCUT2D eigenvalue weighted by Crippen LogP contribution is -2.51. The second-order valence-corrected chi connectivity index (χ2v) is 11.7. The highest BCUT2D eigenvalue weighted by atomic mass is 19.2. The van der Waals surface area contributed by atoms with E-state index in [-0.39, 0.29) is 39.0 Å². The zero-order valence-corrected chi connectivity index (χ0v) is 25.9. The van der Waals surface area contributed by atoms with Gasteiger partial charge in [-0.3, -0.25) is 9.59 Å². The summed E-state index contributed by atoms with van der Waals surface area (Å²) in [4.78, 5) is 30.1. The maximum absolute atomic E-state index is 19.6. The van der Waals surface area contributed by atoms with Crippen molar-refractivity contribution < 1.29 is 18.4 Å². The van der Waals surface area contributed by atoms with Crippen LogP contribution in [0.1, 0.15) is 43.0 Å². The topological polar surface area (TPSA) is 34.1 Å². The fourth-order valence-electron chi connectivity index (χ4n) is 6.77. The molecule has 0 saturated carbocycles. The van der Waals surface area contributed by atoms with Gasteiger partial charge in [-0.2, -0.15) is 0 Å². The number of allylic oxidation sites excluding steroid dienone is 4. The smallest absolute Gasteiger partial charge is 0.207 e. The minimum Gasteiger partial charge on any atom is -0.289 e. The molecule has 0 bridgehead atoms. The first-order valence-electron chi connectivity index (χ1n) is 15.8. The summed E-state index contributed by atoms with van der Waals surface area (Å²) in [6.45, 7) is 0. The quantitative estimate of drug-likeness (QED) is 0.157. The van der Waals surface area contributed by atoms with Gasteiger partial charge in [0.05, 0.1) is 5.57 Å². The van der Waals surface area contributed by atoms with E-state index in [1.54, 1.807) is 152 Å². The predicted molar refractivity (Wildman–Crippen MR) is 187 cm³/mol. The lowest BCUT2D eigenvalue weighted by atomic mass is 9.58. The van der Waals surface area contributed by atoms with E-state index in [0.29, 0.717) is 11.1 Å². The maximum atomic E-state index is 19.6. The summed E-state index contributed by atoms with van der Waals surface area (Å²) in [5.41, 5.74) is -5.65. The van der Waals surface area contributed by atoms with Gasteiger partial charge in [-0.25, -0.2) is 8.78 Å². The van der Waals surface area contributed by atoms with Gasteiger partial charge in [0.25, 0.3) is 0 Å². The molecule has 0 amide bonds. The van der Waals surface area contributed by atoms with E-state index in [1.807, 2.05) is 6.07 Å². The number of carbonyl (C=O) groups excluding carboxylic acids is 2. The second kappa shape index (κ2) is 12.7. The monoisotopic (exact) mass is 628 g/mol. The SMILES string of the molecule is O=C(C1=C(C(=O)c2ccccc2)C(F)(c2ccccc2)C(F)(c2ccccc2)C(c2ccccc2)=C1c1ccccc1)c1ccccc1. The molecule has 0 saturated heterocycles. The lowest BCUT2D eigenvalue weighted by molar-refractivity contribution is 0.0205. The van der Waals surface area contributed by atoms with Crippen LogP contribution in [0.15, 0.2) is 193 Å². The summed E-state index contributed by atoms with van der Waals surface area (Å²) < 4.78 is 39.1. The second-order valence-electron chi connectivity index (χ2n) is 11.7. The van der Waals surface area contributed by atoms with Gasteiger partial charge in [-0.1, -0.05) is 182 Å². The van der Waals surface area contributed by atoms with Gasteiger partial charge in [-0.05, 0) is 22.3 Å². The number of hydrogen-bond acceptors (Lipinski definition) is 2. The molecule has 2 unspecified atom stereocenters. The fourth-order valence-corrected chi connectivity index (χ4v) is 6.77. The molecule has 6 aromatic carbocycles. The first-order valence-corrected chi connectivity index (χ1v) is 15.8. The summed E-state index contributed by atoms with van der Waals surface area (Å²) in [6.07, 6.45) is 0. The molecule has 1 aliphatic rings. The molecule has 0 radical (unpaired) electrons. The largest absolute Gasteiger partial charge is 0.289 e. The summed E-state index contributed by atoms with van der Waals surface area (Å²) in [7, 11) is 0. The van der Waals surface area contributed by atoms with Gasteiger partial charge < -0.3 is 0 Å². The van der Waals surface area contributed by atoms with E-state index in [4.69, 9.17) is 0 Å². The fraction of sp³-hybridized carbons (Fsp3) is 0.0455. The molecule has 7 rings (SSSR count). The van der Waals surface area contributed by atoms with Crippen LogP contribution in [0.5, 0.6) is 0 Å². The Labute approximate surface area is 278 Å². The van der Waals surface area contributed by atoms with Crippen molar-refractivity contribution in [1.29, 1.82) is 0 Å². The van der Waals surface area contributed by atoms with Crippen molar-refractivity contribution in [2.45, 2.75) is 11.3 Å². The summed E-state index contributed by atoms with van der Waals surface area (Å²) in [5.74, 6) is -1.37. The van der Waals surface area contributed by atoms with Crippen LogP contribution in [0.25, 0.3) is 11.1 Å². The molecule has 0 aromatic heterocycles. The van der Waals surface area contributed by atoms with Crippen LogP contribution >= 0.6 is 0 Å². The molecule has 0 aliphatic heterocycles. The van der Waals surface area contributed by atoms with Crippen LogP contribution in [0.3, 0.4) is 0 Å². The minimum atomic E-state index is -3.17. The number of benzene rings is 6. The van der Waals surface area contributed by atoms with Crippen molar-refractivity contribution in [3.8, 4) is 0 Å². The molecular weight excluding hydrogens is 598 g/mol. The normalized spacial score (nSPS) is 19.2. The zero-order chi connectivity index (χ0) is 33.1. The zero-order valence-electron chi connectivity index (χ0n) is 25.9. The van der Waals surface area contributed by atoms with Crippen LogP contribution in [-0.4, -0.2) is 11.6 Å². The number of ketones is 2. The van der Waals surface area contributed by atoms with Gasteiger partial charge in [0.15, 0.2) is 11.6 Å². The van der Waals surface area contributed by atoms with Crippen molar-refractivity contribution in [2.24, 2.45) is 0 Å². The number of carbonyl (C=O) groups is 2. The highest BCUT2D eigenvalue weighted by molar-refractivity contribution is 6.30. The van der Waals surface area contributed by atoms with Crippen LogP contribution in [0.4, 0.5) is 8.78 Å². The van der Waals surface area contributed by atoms with Crippen LogP contribution < -0.4 is 0 Å². The number of Topliss-reactive ketones (excluding diaryl/α,β-unsaturated/α-hetero) is 2. The molecule has 0 fully saturated rings. The van der Waals surface area contributed by atoms with Crippen molar-refractivity contribution in [1.82, 2.24) is 0 Å². The van der Waals surface area contributed by atoms with Crippen molar-refractivity contribution >= 4 is 22.7 Å². The number of halogens is 2. The average Bonchev–Trinajstić information content (AvgIpc) is 3.17. The van der Waals surface area contributed by atoms with Crippen molar-refractivity contribution in [2.75, 3.05) is 0 Å². The highest BCUT2D eigenvalue weighted by Crippen LogP contribution is 2.65. The van der Waals surface area contributed by atoms with Gasteiger partial charge in [0.2, 0.25) is 11.3 Å². The van der Waals surface area contributed by atoms with Crippen LogP contribution in [0, 0.1) is 0 Å². The molecule has 2 atom stereocenters. The summed E-state index contributed by atoms with van der Waals surface area (Å²) >= 11 is 0. The molecular formula is C44H30F2O2. The third-order valence-corrected chi connectivity index (χ3v) is 8.91. The molecule has 0 spiro atoms. The lowest BCUT2D eigenvalue weighted by Gasteiger charge is -2.47. The van der Waals surface area contributed by atoms with E-state index in [0.717, 1.165) is 0 Å². The van der Waals surface area contributed by atoms with Gasteiger partial charge in [0, 0.05) is 27.8 Å². The summed E-state index contributed by atoms with van der Waals surface area (Å²) in [5, 5.41) is 0. The van der Waals surface area contributed by atoms with E-state index >= 15 is 18.4 Å². The average molecular weight is 629 g/mol. The van der Waals surface area contributed by atoms with E-state index in [2.05, 4.69) is 0 Å². The van der Waals surface area contributed by atoms with Crippen molar-refractivity contribution in [3.05, 3.63) is 227 Å². The first-order chi connectivity index (χ1) is 23.5. The van der Waals surface area contributed by atoms with E-state index in [1.165, 1.54) is 24.3 Å². The minimum absolute atomic E-state index is 0.00760. The van der Waals surface area contributed by atoms with Crippen molar-refractivity contribution in [3.63, 3.8) is 0 Å². The standard InChI is InChI=1S/C44H30F2O2/c45-43(35-27-15-5-16-28-35)39(32-21-9-2-10-22-32)37(31-19-7-1-8-20-31)38(41(47)33-23-11-3-12-24-33)40(42(48)34-25-13-4-14-26-34)44(43,46)36-29-17-6-18-30-36/h1-30H. The molecule has 48 heavy (non-hydrogen) atoms. The third kappa shape index (κ3) is 4.94. The molecule has 0 N–H and O–H groups in total. The Bertz CT molecular complexity index is 2140. The predicted octanol–water partition coefficient (Wildman–Crippen LogP) is 10.4. The Morgan fingerprint density at radius 1 is 0.396 bits per heavy atom. The van der Waals surface area contributed by atoms with Crippen LogP contribution in [-0.2, 0) is 11.3 Å². The van der Waals surface area contributed by atoms with Gasteiger partial charge in [0.1, 0.15) is 0 Å². The number of rotatable bonds is 8. The Kier molecular flexibility index (Phi) is 8.08. The molecule has 4 heteroatoms. The highest BCUT2D eigenvalue weighted by Gasteiger charge is 2.66. The van der Waals surface area contributed by atoms with Gasteiger partial charge >= 0.3 is 0 Å². The summed E-state index contributed by atoms with van der Waals surface area (Å²) in [6, 6.07) is 50.3. The number of alkyl halides is 2. The van der Waals surface area contributed by atoms with E-state index in [9.17, 15) is 0 Å². The molecule has 1 aliphatic carbocycles. The third-order valence-electron chi connectivity index (χ3n) is 8.91. The molecule has 2 nitrogen and oxygen atoms in total. The Hall–Kier alpha value is -6.00. The Morgan fingerprint density at radius 2 is 0.750 bits per heavy atom. The molecule has 0 heterocycles. The molecule has 6 aromatic rings. The Balaban J connectivity index is 1.77. The number of hydrogen-bond donors (Lipinski definition) is 0. The maximum Gasteiger partial charge on any atom is 0.207 e. The molecule has 232 valence electrons. The van der Waals surface area contributed by atoms with Gasteiger partial charge in [-0.15, -0.1) is 0 Å². The Morgan fingerprint density at radius 3 is 1.21 bits per heavy atom. The first kappa shape index (κ1) is 30.6.